The number of carbonyl (C=O) groups excluding carboxylic acids is 2. The van der Waals surface area contributed by atoms with Crippen LogP contribution in [0.4, 0.5) is 33.7 Å². The molecular formula is C24H26F4IN3O3. The lowest BCUT2D eigenvalue weighted by atomic mass is 10.0. The van der Waals surface area contributed by atoms with E-state index in [0.29, 0.717) is 35.2 Å². The number of piperidine rings is 1. The van der Waals surface area contributed by atoms with Gasteiger partial charge >= 0.3 is 12.3 Å². The molecular weight excluding hydrogens is 581 g/mol. The summed E-state index contributed by atoms with van der Waals surface area (Å²) in [6.07, 6.45) is -3.90. The van der Waals surface area contributed by atoms with Crippen molar-refractivity contribution in [1.82, 2.24) is 5.32 Å². The van der Waals surface area contributed by atoms with Crippen molar-refractivity contribution in [2.45, 2.75) is 51.4 Å². The van der Waals surface area contributed by atoms with Crippen LogP contribution in [-0.2, 0) is 10.9 Å². The van der Waals surface area contributed by atoms with Crippen LogP contribution in [-0.4, -0.2) is 36.7 Å². The number of benzene rings is 2. The number of hydrogen-bond acceptors (Lipinski definition) is 4. The van der Waals surface area contributed by atoms with E-state index in [0.717, 1.165) is 18.2 Å². The van der Waals surface area contributed by atoms with Crippen molar-refractivity contribution in [3.05, 3.63) is 56.9 Å². The summed E-state index contributed by atoms with van der Waals surface area (Å²) >= 11 is 1.92. The minimum atomic E-state index is -4.63. The van der Waals surface area contributed by atoms with Gasteiger partial charge in [-0.1, -0.05) is 0 Å². The number of amides is 2. The summed E-state index contributed by atoms with van der Waals surface area (Å²) in [5, 5.41) is 5.25. The first kappa shape index (κ1) is 27.0. The van der Waals surface area contributed by atoms with E-state index in [2.05, 4.69) is 10.6 Å². The SMILES string of the molecule is CC(C)(C)OC(=O)N[C@H]1CCCN(c2ccc(C(F)(F)F)cc2NC(=O)c2cc(I)ccc2F)C1. The van der Waals surface area contributed by atoms with Gasteiger partial charge in [-0.25, -0.2) is 9.18 Å². The molecule has 1 fully saturated rings. The van der Waals surface area contributed by atoms with Gasteiger partial charge in [-0.2, -0.15) is 13.2 Å². The Balaban J connectivity index is 1.87. The molecule has 35 heavy (non-hydrogen) atoms. The minimum absolute atomic E-state index is 0.0963. The molecule has 1 heterocycles. The molecule has 2 aromatic carbocycles. The van der Waals surface area contributed by atoms with E-state index >= 15 is 0 Å². The Bertz CT molecular complexity index is 1100. The van der Waals surface area contributed by atoms with Crippen LogP contribution in [0.1, 0.15) is 49.5 Å². The van der Waals surface area contributed by atoms with Crippen LogP contribution in [0, 0.1) is 9.39 Å². The first-order valence-electron chi connectivity index (χ1n) is 10.9. The lowest BCUT2D eigenvalue weighted by Gasteiger charge is -2.36. The van der Waals surface area contributed by atoms with E-state index in [1.165, 1.54) is 18.2 Å². The zero-order chi connectivity index (χ0) is 26.0. The normalized spacial score (nSPS) is 16.6. The Labute approximate surface area is 214 Å². The molecule has 0 aromatic heterocycles. The van der Waals surface area contributed by atoms with E-state index in [9.17, 15) is 27.2 Å². The van der Waals surface area contributed by atoms with Gasteiger partial charge < -0.3 is 20.3 Å². The molecule has 3 rings (SSSR count). The fourth-order valence-electron chi connectivity index (χ4n) is 3.74. The first-order valence-corrected chi connectivity index (χ1v) is 12.0. The molecule has 0 radical (unpaired) electrons. The Morgan fingerprint density at radius 1 is 1.11 bits per heavy atom. The summed E-state index contributed by atoms with van der Waals surface area (Å²) in [6.45, 7) is 6.03. The molecule has 190 valence electrons. The van der Waals surface area contributed by atoms with E-state index in [-0.39, 0.29) is 17.3 Å². The summed E-state index contributed by atoms with van der Waals surface area (Å²) < 4.78 is 60.4. The van der Waals surface area contributed by atoms with Crippen LogP contribution < -0.4 is 15.5 Å². The number of carbonyl (C=O) groups is 2. The molecule has 0 aliphatic carbocycles. The highest BCUT2D eigenvalue weighted by Crippen LogP contribution is 2.36. The van der Waals surface area contributed by atoms with Gasteiger partial charge in [0.15, 0.2) is 0 Å². The molecule has 2 aromatic rings. The number of rotatable bonds is 4. The van der Waals surface area contributed by atoms with Gasteiger partial charge in [-0.15, -0.1) is 0 Å². The summed E-state index contributed by atoms with van der Waals surface area (Å²) in [5.74, 6) is -1.64. The topological polar surface area (TPSA) is 70.7 Å². The first-order chi connectivity index (χ1) is 16.2. The third-order valence-corrected chi connectivity index (χ3v) is 5.90. The smallest absolute Gasteiger partial charge is 0.416 e. The van der Waals surface area contributed by atoms with Crippen molar-refractivity contribution in [2.75, 3.05) is 23.3 Å². The predicted molar refractivity (Wildman–Crippen MR) is 133 cm³/mol. The van der Waals surface area contributed by atoms with Crippen molar-refractivity contribution in [3.8, 4) is 0 Å². The second kappa shape index (κ2) is 10.6. The maximum atomic E-state index is 14.2. The number of ether oxygens (including phenoxy) is 1. The van der Waals surface area contributed by atoms with Crippen molar-refractivity contribution in [1.29, 1.82) is 0 Å². The second-order valence-corrected chi connectivity index (χ2v) is 10.5. The van der Waals surface area contributed by atoms with Gasteiger partial charge in [0.25, 0.3) is 5.91 Å². The van der Waals surface area contributed by atoms with Crippen molar-refractivity contribution in [3.63, 3.8) is 0 Å². The predicted octanol–water partition coefficient (Wildman–Crippen LogP) is 6.19. The average Bonchev–Trinajstić information content (AvgIpc) is 2.73. The molecule has 1 aliphatic heterocycles. The standard InChI is InChI=1S/C24H26F4IN3O3/c1-23(2,3)35-22(34)30-16-5-4-10-32(13-16)20-9-6-14(24(26,27)28)11-19(20)31-21(33)17-12-15(29)7-8-18(17)25/h6-9,11-12,16H,4-5,10,13H2,1-3H3,(H,30,34)(H,31,33)/t16-/m0/s1. The van der Waals surface area contributed by atoms with Crippen molar-refractivity contribution < 1.29 is 31.9 Å². The molecule has 0 spiro atoms. The Kier molecular flexibility index (Phi) is 8.17. The van der Waals surface area contributed by atoms with Gasteiger partial charge in [-0.3, -0.25) is 4.79 Å². The highest BCUT2D eigenvalue weighted by Gasteiger charge is 2.33. The van der Waals surface area contributed by atoms with Crippen LogP contribution in [0.2, 0.25) is 0 Å². The highest BCUT2D eigenvalue weighted by molar-refractivity contribution is 14.1. The summed E-state index contributed by atoms with van der Waals surface area (Å²) in [7, 11) is 0. The lowest BCUT2D eigenvalue weighted by molar-refractivity contribution is -0.137. The van der Waals surface area contributed by atoms with Crippen LogP contribution in [0.25, 0.3) is 0 Å². The van der Waals surface area contributed by atoms with Crippen molar-refractivity contribution in [2.24, 2.45) is 0 Å². The van der Waals surface area contributed by atoms with E-state index in [1.807, 2.05) is 22.6 Å². The third-order valence-electron chi connectivity index (χ3n) is 5.23. The van der Waals surface area contributed by atoms with Crippen LogP contribution >= 0.6 is 22.6 Å². The summed E-state index contributed by atoms with van der Waals surface area (Å²) in [6, 6.07) is 6.67. The van der Waals surface area contributed by atoms with Gasteiger partial charge in [0, 0.05) is 22.7 Å². The van der Waals surface area contributed by atoms with Crippen LogP contribution in [0.15, 0.2) is 36.4 Å². The van der Waals surface area contributed by atoms with Gasteiger partial charge in [0.2, 0.25) is 0 Å². The highest BCUT2D eigenvalue weighted by atomic mass is 127. The molecule has 1 aliphatic rings. The van der Waals surface area contributed by atoms with Gasteiger partial charge in [0.1, 0.15) is 11.4 Å². The molecule has 2 N–H and O–H groups in total. The zero-order valence-electron chi connectivity index (χ0n) is 19.4. The van der Waals surface area contributed by atoms with E-state index < -0.39 is 35.2 Å². The summed E-state index contributed by atoms with van der Waals surface area (Å²) in [4.78, 5) is 26.8. The molecule has 0 bridgehead atoms. The Morgan fingerprint density at radius 2 is 1.83 bits per heavy atom. The quantitative estimate of drug-likeness (QED) is 0.321. The maximum Gasteiger partial charge on any atom is 0.416 e. The monoisotopic (exact) mass is 607 g/mol. The molecule has 0 saturated carbocycles. The Hall–Kier alpha value is -2.57. The van der Waals surface area contributed by atoms with Crippen molar-refractivity contribution >= 4 is 46.0 Å². The fourth-order valence-corrected chi connectivity index (χ4v) is 4.23. The van der Waals surface area contributed by atoms with E-state index in [1.54, 1.807) is 25.7 Å². The molecule has 11 heteroatoms. The average molecular weight is 607 g/mol. The van der Waals surface area contributed by atoms with Crippen LogP contribution in [0.5, 0.6) is 0 Å². The van der Waals surface area contributed by atoms with Gasteiger partial charge in [0.05, 0.1) is 22.5 Å². The molecule has 6 nitrogen and oxygen atoms in total. The third kappa shape index (κ3) is 7.45. The molecule has 0 unspecified atom stereocenters. The number of hydrogen-bond donors (Lipinski definition) is 2. The largest absolute Gasteiger partial charge is 0.444 e. The van der Waals surface area contributed by atoms with Gasteiger partial charge in [-0.05, 0) is 92.6 Å². The second-order valence-electron chi connectivity index (χ2n) is 9.24. The minimum Gasteiger partial charge on any atom is -0.444 e. The maximum absolute atomic E-state index is 14.2. The fraction of sp³-hybridized carbons (Fsp3) is 0.417. The number of halogens is 5. The zero-order valence-corrected chi connectivity index (χ0v) is 21.6. The Morgan fingerprint density at radius 3 is 2.49 bits per heavy atom. The van der Waals surface area contributed by atoms with E-state index in [4.69, 9.17) is 4.74 Å². The summed E-state index contributed by atoms with van der Waals surface area (Å²) in [5.41, 5.74) is -1.65. The number of alkyl halides is 3. The number of alkyl carbamates (subject to hydrolysis) is 1. The molecule has 1 saturated heterocycles. The number of nitrogens with one attached hydrogen (secondary N) is 2. The lowest BCUT2D eigenvalue weighted by Crippen LogP contribution is -2.49. The number of nitrogens with zero attached hydrogens (tertiary/aromatic N) is 1. The molecule has 1 atom stereocenters. The van der Waals surface area contributed by atoms with Crippen LogP contribution in [0.3, 0.4) is 0 Å². The molecule has 2 amide bonds. The number of anilines is 2.